The summed E-state index contributed by atoms with van der Waals surface area (Å²) in [7, 11) is 1.54. The minimum absolute atomic E-state index is 0.0717. The summed E-state index contributed by atoms with van der Waals surface area (Å²) in [5.41, 5.74) is 0.799. The predicted molar refractivity (Wildman–Crippen MR) is 116 cm³/mol. The number of aromatic nitrogens is 5. The van der Waals surface area contributed by atoms with Gasteiger partial charge in [-0.3, -0.25) is 4.79 Å². The van der Waals surface area contributed by atoms with Crippen LogP contribution in [-0.2, 0) is 16.0 Å². The number of rotatable bonds is 6. The summed E-state index contributed by atoms with van der Waals surface area (Å²) in [5.74, 6) is 1.37. The van der Waals surface area contributed by atoms with E-state index in [0.29, 0.717) is 29.0 Å². The molecule has 10 heteroatoms. The van der Waals surface area contributed by atoms with Crippen molar-refractivity contribution in [2.45, 2.75) is 51.6 Å². The molecule has 0 bridgehead atoms. The fourth-order valence-corrected chi connectivity index (χ4v) is 3.11. The van der Waals surface area contributed by atoms with Gasteiger partial charge in [-0.2, -0.15) is 15.2 Å². The SMILES string of the molecule is COc1cccc(-n2cc(CC(=O)Nc3cc(C4CC4)nn3C(=O)OC(C)(C)C)cn2)n1. The molecule has 0 aromatic carbocycles. The molecule has 3 aromatic rings. The van der Waals surface area contributed by atoms with Gasteiger partial charge in [-0.25, -0.2) is 9.48 Å². The summed E-state index contributed by atoms with van der Waals surface area (Å²) in [5, 5.41) is 11.4. The van der Waals surface area contributed by atoms with E-state index in [4.69, 9.17) is 9.47 Å². The van der Waals surface area contributed by atoms with Crippen molar-refractivity contribution in [1.29, 1.82) is 0 Å². The molecule has 32 heavy (non-hydrogen) atoms. The third kappa shape index (κ3) is 5.13. The second kappa shape index (κ2) is 8.45. The van der Waals surface area contributed by atoms with E-state index >= 15 is 0 Å². The molecule has 1 aliphatic carbocycles. The van der Waals surface area contributed by atoms with Crippen LogP contribution in [0.3, 0.4) is 0 Å². The maximum atomic E-state index is 12.7. The Bertz CT molecular complexity index is 1140. The van der Waals surface area contributed by atoms with Gasteiger partial charge in [0.1, 0.15) is 11.4 Å². The maximum absolute atomic E-state index is 12.7. The van der Waals surface area contributed by atoms with Gasteiger partial charge in [0.05, 0.1) is 25.4 Å². The lowest BCUT2D eigenvalue weighted by molar-refractivity contribution is -0.115. The molecule has 1 saturated carbocycles. The van der Waals surface area contributed by atoms with Crippen LogP contribution >= 0.6 is 0 Å². The van der Waals surface area contributed by atoms with Gasteiger partial charge in [-0.15, -0.1) is 4.68 Å². The van der Waals surface area contributed by atoms with E-state index < -0.39 is 11.7 Å². The highest BCUT2D eigenvalue weighted by Crippen LogP contribution is 2.40. The molecule has 1 fully saturated rings. The zero-order chi connectivity index (χ0) is 22.9. The number of nitrogens with one attached hydrogen (secondary N) is 1. The molecule has 0 unspecified atom stereocenters. The normalized spacial score (nSPS) is 13.6. The van der Waals surface area contributed by atoms with Crippen molar-refractivity contribution >= 4 is 17.8 Å². The molecule has 3 aromatic heterocycles. The number of carbonyl (C=O) groups is 2. The van der Waals surface area contributed by atoms with Crippen molar-refractivity contribution in [2.75, 3.05) is 12.4 Å². The molecule has 0 atom stereocenters. The largest absolute Gasteiger partial charge is 0.481 e. The molecule has 0 aliphatic heterocycles. The van der Waals surface area contributed by atoms with E-state index in [-0.39, 0.29) is 12.3 Å². The molecule has 0 saturated heterocycles. The summed E-state index contributed by atoms with van der Waals surface area (Å²) in [6.07, 6.45) is 4.81. The highest BCUT2D eigenvalue weighted by atomic mass is 16.6. The van der Waals surface area contributed by atoms with Crippen LogP contribution in [0.1, 0.15) is 50.8 Å². The van der Waals surface area contributed by atoms with E-state index in [1.54, 1.807) is 63.2 Å². The Morgan fingerprint density at radius 1 is 1.25 bits per heavy atom. The maximum Gasteiger partial charge on any atom is 0.437 e. The Morgan fingerprint density at radius 2 is 2.03 bits per heavy atom. The van der Waals surface area contributed by atoms with E-state index in [9.17, 15) is 9.59 Å². The van der Waals surface area contributed by atoms with Crippen molar-refractivity contribution in [3.05, 3.63) is 47.9 Å². The molecule has 3 heterocycles. The highest BCUT2D eigenvalue weighted by molar-refractivity contribution is 5.93. The number of nitrogens with zero attached hydrogens (tertiary/aromatic N) is 5. The standard InChI is InChI=1S/C22H26N6O4/c1-22(2,3)32-21(30)28-18(11-16(26-28)15-8-9-15)24-19(29)10-14-12-23-27(13-14)17-6-5-7-20(25-17)31-4/h5-7,11-13,15H,8-10H2,1-4H3,(H,24,29). The molecule has 1 aliphatic rings. The fourth-order valence-electron chi connectivity index (χ4n) is 3.11. The Morgan fingerprint density at radius 3 is 2.72 bits per heavy atom. The molecule has 4 rings (SSSR count). The Hall–Kier alpha value is -3.69. The molecular formula is C22H26N6O4. The second-order valence-corrected chi connectivity index (χ2v) is 8.68. The van der Waals surface area contributed by atoms with Gasteiger partial charge in [0, 0.05) is 24.2 Å². The monoisotopic (exact) mass is 438 g/mol. The van der Waals surface area contributed by atoms with E-state index in [1.807, 2.05) is 6.07 Å². The van der Waals surface area contributed by atoms with Crippen molar-refractivity contribution in [1.82, 2.24) is 24.5 Å². The number of ether oxygens (including phenoxy) is 2. The number of hydrogen-bond acceptors (Lipinski definition) is 7. The number of methoxy groups -OCH3 is 1. The number of pyridine rings is 1. The molecule has 0 spiro atoms. The topological polar surface area (TPSA) is 113 Å². The summed E-state index contributed by atoms with van der Waals surface area (Å²) in [4.78, 5) is 29.6. The number of hydrogen-bond donors (Lipinski definition) is 1. The second-order valence-electron chi connectivity index (χ2n) is 8.68. The van der Waals surface area contributed by atoms with Crippen LogP contribution in [0.15, 0.2) is 36.7 Å². The first-order chi connectivity index (χ1) is 15.2. The van der Waals surface area contributed by atoms with E-state index in [1.165, 1.54) is 0 Å². The Balaban J connectivity index is 1.47. The first-order valence-corrected chi connectivity index (χ1v) is 10.4. The van der Waals surface area contributed by atoms with E-state index in [0.717, 1.165) is 23.2 Å². The van der Waals surface area contributed by atoms with Crippen molar-refractivity contribution in [3.8, 4) is 11.7 Å². The lowest BCUT2D eigenvalue weighted by Gasteiger charge is -2.19. The van der Waals surface area contributed by atoms with Crippen molar-refractivity contribution in [3.63, 3.8) is 0 Å². The fraction of sp³-hybridized carbons (Fsp3) is 0.409. The van der Waals surface area contributed by atoms with Crippen molar-refractivity contribution in [2.24, 2.45) is 0 Å². The van der Waals surface area contributed by atoms with Crippen LogP contribution in [-0.4, -0.2) is 49.3 Å². The minimum Gasteiger partial charge on any atom is -0.481 e. The van der Waals surface area contributed by atoms with Crippen LogP contribution < -0.4 is 10.1 Å². The predicted octanol–water partition coefficient (Wildman–Crippen LogP) is 3.31. The van der Waals surface area contributed by atoms with Gasteiger partial charge in [0.15, 0.2) is 5.82 Å². The van der Waals surface area contributed by atoms with Gasteiger partial charge in [-0.05, 0) is 45.2 Å². The smallest absolute Gasteiger partial charge is 0.437 e. The van der Waals surface area contributed by atoms with E-state index in [2.05, 4.69) is 20.5 Å². The zero-order valence-electron chi connectivity index (χ0n) is 18.5. The van der Waals surface area contributed by atoms with Crippen LogP contribution in [0.25, 0.3) is 5.82 Å². The summed E-state index contributed by atoms with van der Waals surface area (Å²) in [6.45, 7) is 5.34. The number of anilines is 1. The van der Waals surface area contributed by atoms with Gasteiger partial charge in [0.2, 0.25) is 11.8 Å². The molecule has 0 radical (unpaired) electrons. The molecular weight excluding hydrogens is 412 g/mol. The van der Waals surface area contributed by atoms with Gasteiger partial charge in [-0.1, -0.05) is 6.07 Å². The molecule has 168 valence electrons. The third-order valence-corrected chi connectivity index (χ3v) is 4.71. The van der Waals surface area contributed by atoms with Gasteiger partial charge >= 0.3 is 6.09 Å². The molecule has 10 nitrogen and oxygen atoms in total. The molecule has 1 N–H and O–H groups in total. The van der Waals surface area contributed by atoms with Crippen LogP contribution in [0.2, 0.25) is 0 Å². The Labute approximate surface area is 185 Å². The Kier molecular flexibility index (Phi) is 5.68. The minimum atomic E-state index is -0.674. The number of amides is 1. The quantitative estimate of drug-likeness (QED) is 0.628. The third-order valence-electron chi connectivity index (χ3n) is 4.71. The number of carbonyl (C=O) groups excluding carboxylic acids is 2. The van der Waals surface area contributed by atoms with Crippen LogP contribution in [0.5, 0.6) is 5.88 Å². The summed E-state index contributed by atoms with van der Waals surface area (Å²) < 4.78 is 13.3. The lowest BCUT2D eigenvalue weighted by Crippen LogP contribution is -2.29. The average Bonchev–Trinajstić information content (AvgIpc) is 3.33. The highest BCUT2D eigenvalue weighted by Gasteiger charge is 2.30. The van der Waals surface area contributed by atoms with Crippen LogP contribution in [0.4, 0.5) is 10.6 Å². The lowest BCUT2D eigenvalue weighted by atomic mass is 10.2. The van der Waals surface area contributed by atoms with Crippen molar-refractivity contribution < 1.29 is 19.1 Å². The summed E-state index contributed by atoms with van der Waals surface area (Å²) in [6, 6.07) is 7.08. The van der Waals surface area contributed by atoms with Gasteiger partial charge in [0.25, 0.3) is 0 Å². The summed E-state index contributed by atoms with van der Waals surface area (Å²) >= 11 is 0. The molecule has 1 amide bonds. The zero-order valence-corrected chi connectivity index (χ0v) is 18.5. The van der Waals surface area contributed by atoms with Gasteiger partial charge < -0.3 is 14.8 Å². The first-order valence-electron chi connectivity index (χ1n) is 10.4. The van der Waals surface area contributed by atoms with Crippen LogP contribution in [0, 0.1) is 0 Å². The average molecular weight is 438 g/mol. The first kappa shape index (κ1) is 21.5.